The van der Waals surface area contributed by atoms with Crippen LogP contribution in [-0.4, -0.2) is 4.98 Å². The number of pyridine rings is 1. The average Bonchev–Trinajstić information content (AvgIpc) is 3.47. The lowest BCUT2D eigenvalue weighted by atomic mass is 9.84. The lowest BCUT2D eigenvalue weighted by Gasteiger charge is -2.21. The summed E-state index contributed by atoms with van der Waals surface area (Å²) in [5.41, 5.74) is 6.93. The zero-order valence-electron chi connectivity index (χ0n) is 20.6. The minimum absolute atomic E-state index is 0.0509. The molecule has 4 heterocycles. The van der Waals surface area contributed by atoms with Crippen LogP contribution in [0.3, 0.4) is 0 Å². The van der Waals surface area contributed by atoms with Crippen LogP contribution < -0.4 is 0 Å². The van der Waals surface area contributed by atoms with Crippen molar-refractivity contribution in [1.29, 1.82) is 0 Å². The SMILES string of the molecule is Cc1sc2c(ccc3oc4ccnc(-c5cc(C(C)(C)C)c6sccc6c5)c4c32)c1CC(C)C. The monoisotopic (exact) mass is 483 g/mol. The normalized spacial score (nSPS) is 12.8. The van der Waals surface area contributed by atoms with Crippen molar-refractivity contribution in [1.82, 2.24) is 4.98 Å². The molecule has 0 aliphatic carbocycles. The van der Waals surface area contributed by atoms with Gasteiger partial charge in [-0.2, -0.15) is 0 Å². The van der Waals surface area contributed by atoms with Crippen LogP contribution in [-0.2, 0) is 11.8 Å². The fourth-order valence-corrected chi connectivity index (χ4v) is 7.51. The van der Waals surface area contributed by atoms with Gasteiger partial charge in [0.1, 0.15) is 11.2 Å². The summed E-state index contributed by atoms with van der Waals surface area (Å²) in [5, 5.41) is 7.19. The third-order valence-electron chi connectivity index (χ3n) is 6.75. The number of hydrogen-bond donors (Lipinski definition) is 0. The van der Waals surface area contributed by atoms with Gasteiger partial charge in [-0.3, -0.25) is 4.98 Å². The molecule has 4 aromatic heterocycles. The highest BCUT2D eigenvalue weighted by molar-refractivity contribution is 7.20. The molecule has 0 spiro atoms. The third-order valence-corrected chi connectivity index (χ3v) is 8.90. The smallest absolute Gasteiger partial charge is 0.139 e. The van der Waals surface area contributed by atoms with E-state index in [1.54, 1.807) is 0 Å². The van der Waals surface area contributed by atoms with Crippen molar-refractivity contribution in [3.63, 3.8) is 0 Å². The number of aryl methyl sites for hydroxylation is 1. The third kappa shape index (κ3) is 3.30. The molecule has 0 N–H and O–H groups in total. The van der Waals surface area contributed by atoms with Gasteiger partial charge in [0.15, 0.2) is 0 Å². The first-order valence-electron chi connectivity index (χ1n) is 12.0. The minimum Gasteiger partial charge on any atom is -0.456 e. The van der Waals surface area contributed by atoms with Crippen LogP contribution in [0.4, 0.5) is 0 Å². The van der Waals surface area contributed by atoms with Crippen LogP contribution in [0.2, 0.25) is 0 Å². The summed E-state index contributed by atoms with van der Waals surface area (Å²) in [6.45, 7) is 13.7. The van der Waals surface area contributed by atoms with Gasteiger partial charge in [0.05, 0.1) is 11.1 Å². The maximum Gasteiger partial charge on any atom is 0.139 e. The second-order valence-electron chi connectivity index (χ2n) is 10.8. The molecule has 0 fully saturated rings. The summed E-state index contributed by atoms with van der Waals surface area (Å²) >= 11 is 3.73. The van der Waals surface area contributed by atoms with Crippen LogP contribution in [0, 0.1) is 12.8 Å². The first kappa shape index (κ1) is 21.8. The number of hydrogen-bond acceptors (Lipinski definition) is 4. The minimum atomic E-state index is 0.0509. The van der Waals surface area contributed by atoms with E-state index < -0.39 is 0 Å². The number of rotatable bonds is 3. The number of thiophene rings is 2. The lowest BCUT2D eigenvalue weighted by Crippen LogP contribution is -2.11. The van der Waals surface area contributed by atoms with Gasteiger partial charge in [0, 0.05) is 31.4 Å². The molecule has 0 amide bonds. The van der Waals surface area contributed by atoms with Gasteiger partial charge in [0.25, 0.3) is 0 Å². The van der Waals surface area contributed by atoms with Crippen LogP contribution in [0.5, 0.6) is 0 Å². The predicted octanol–water partition coefficient (Wildman–Crippen LogP) is 9.88. The molecule has 172 valence electrons. The van der Waals surface area contributed by atoms with E-state index in [9.17, 15) is 0 Å². The molecule has 2 nitrogen and oxygen atoms in total. The Balaban J connectivity index is 1.71. The van der Waals surface area contributed by atoms with E-state index in [2.05, 4.69) is 77.3 Å². The van der Waals surface area contributed by atoms with Crippen LogP contribution in [0.15, 0.2) is 52.4 Å². The Morgan fingerprint density at radius 1 is 0.971 bits per heavy atom. The van der Waals surface area contributed by atoms with Crippen molar-refractivity contribution >= 4 is 64.8 Å². The molecule has 34 heavy (non-hydrogen) atoms. The summed E-state index contributed by atoms with van der Waals surface area (Å²) in [4.78, 5) is 6.35. The second-order valence-corrected chi connectivity index (χ2v) is 12.9. The fraction of sp³-hybridized carbons (Fsp3) is 0.300. The Bertz CT molecular complexity index is 1710. The first-order valence-corrected chi connectivity index (χ1v) is 13.7. The Kier molecular flexibility index (Phi) is 4.91. The average molecular weight is 484 g/mol. The standard InChI is InChI=1S/C30H29NOS2/c1-16(2)13-21-17(3)34-29-20(21)7-8-23-26(29)25-24(32-23)9-11-31-27(25)19-14-18-10-12-33-28(18)22(15-19)30(4,5)6/h7-12,14-16H,13H2,1-6H3. The number of aromatic nitrogens is 1. The van der Waals surface area contributed by atoms with E-state index in [0.29, 0.717) is 5.92 Å². The van der Waals surface area contributed by atoms with Crippen molar-refractivity contribution in [2.24, 2.45) is 5.92 Å². The van der Waals surface area contributed by atoms with E-state index in [-0.39, 0.29) is 5.41 Å². The highest BCUT2D eigenvalue weighted by Crippen LogP contribution is 2.45. The van der Waals surface area contributed by atoms with E-state index in [1.165, 1.54) is 41.6 Å². The van der Waals surface area contributed by atoms with Gasteiger partial charge in [0.2, 0.25) is 0 Å². The zero-order chi connectivity index (χ0) is 23.8. The quantitative estimate of drug-likeness (QED) is 0.250. The summed E-state index contributed by atoms with van der Waals surface area (Å²) < 4.78 is 9.09. The lowest BCUT2D eigenvalue weighted by molar-refractivity contribution is 0.597. The second kappa shape index (κ2) is 7.66. The van der Waals surface area contributed by atoms with Crippen molar-refractivity contribution in [2.75, 3.05) is 0 Å². The molecule has 6 aromatic rings. The van der Waals surface area contributed by atoms with Gasteiger partial charge < -0.3 is 4.42 Å². The molecule has 6 rings (SSSR count). The number of nitrogens with zero attached hydrogens (tertiary/aromatic N) is 1. The zero-order valence-corrected chi connectivity index (χ0v) is 22.2. The van der Waals surface area contributed by atoms with Gasteiger partial charge in [-0.15, -0.1) is 22.7 Å². The molecule has 0 saturated heterocycles. The number of fused-ring (bicyclic) bond motifs is 6. The van der Waals surface area contributed by atoms with E-state index in [4.69, 9.17) is 9.40 Å². The van der Waals surface area contributed by atoms with Crippen LogP contribution in [0.25, 0.3) is 53.4 Å². The Labute approximate surface area is 208 Å². The molecule has 0 aliphatic rings. The molecule has 0 atom stereocenters. The number of furan rings is 1. The van der Waals surface area contributed by atoms with Gasteiger partial charge in [-0.1, -0.05) is 34.6 Å². The topological polar surface area (TPSA) is 26.0 Å². The van der Waals surface area contributed by atoms with E-state index >= 15 is 0 Å². The predicted molar refractivity (Wildman–Crippen MR) is 150 cm³/mol. The summed E-state index contributed by atoms with van der Waals surface area (Å²) in [7, 11) is 0. The van der Waals surface area contributed by atoms with Gasteiger partial charge >= 0.3 is 0 Å². The molecule has 0 aliphatic heterocycles. The Hall–Kier alpha value is -2.69. The van der Waals surface area contributed by atoms with Crippen molar-refractivity contribution in [3.8, 4) is 11.3 Å². The van der Waals surface area contributed by atoms with Crippen LogP contribution >= 0.6 is 22.7 Å². The largest absolute Gasteiger partial charge is 0.456 e. The molecule has 0 radical (unpaired) electrons. The molecule has 0 unspecified atom stereocenters. The molecular weight excluding hydrogens is 454 g/mol. The summed E-state index contributed by atoms with van der Waals surface area (Å²) in [6, 6.07) is 13.3. The molecule has 4 heteroatoms. The summed E-state index contributed by atoms with van der Waals surface area (Å²) in [5.74, 6) is 0.624. The number of benzene rings is 2. The Morgan fingerprint density at radius 3 is 2.53 bits per heavy atom. The molecular formula is C30H29NOS2. The van der Waals surface area contributed by atoms with Gasteiger partial charge in [-0.05, 0) is 88.4 Å². The Morgan fingerprint density at radius 2 is 1.76 bits per heavy atom. The van der Waals surface area contributed by atoms with Gasteiger partial charge in [-0.25, -0.2) is 0 Å². The van der Waals surface area contributed by atoms with Crippen molar-refractivity contribution in [3.05, 3.63) is 64.0 Å². The van der Waals surface area contributed by atoms with E-state index in [0.717, 1.165) is 34.2 Å². The molecule has 2 aromatic carbocycles. The molecule has 0 saturated carbocycles. The van der Waals surface area contributed by atoms with E-state index in [1.807, 2.05) is 34.9 Å². The van der Waals surface area contributed by atoms with Crippen LogP contribution in [0.1, 0.15) is 50.6 Å². The van der Waals surface area contributed by atoms with Crippen molar-refractivity contribution < 1.29 is 4.42 Å². The summed E-state index contributed by atoms with van der Waals surface area (Å²) in [6.07, 6.45) is 2.98. The maximum atomic E-state index is 6.39. The first-order chi connectivity index (χ1) is 16.2. The fourth-order valence-electron chi connectivity index (χ4n) is 5.18. The highest BCUT2D eigenvalue weighted by atomic mass is 32.1. The maximum absolute atomic E-state index is 6.39. The molecule has 0 bridgehead atoms. The van der Waals surface area contributed by atoms with Crippen molar-refractivity contribution in [2.45, 2.75) is 53.4 Å². The highest BCUT2D eigenvalue weighted by Gasteiger charge is 2.23.